The van der Waals surface area contributed by atoms with Gasteiger partial charge in [-0.15, -0.1) is 0 Å². The fourth-order valence-electron chi connectivity index (χ4n) is 2.72. The fourth-order valence-corrected chi connectivity index (χ4v) is 2.72. The zero-order valence-electron chi connectivity index (χ0n) is 8.06. The lowest BCUT2D eigenvalue weighted by atomic mass is 10.1. The van der Waals surface area contributed by atoms with Crippen molar-refractivity contribution in [1.82, 2.24) is 9.97 Å². The van der Waals surface area contributed by atoms with Gasteiger partial charge in [-0.3, -0.25) is 0 Å². The highest BCUT2D eigenvalue weighted by Crippen LogP contribution is 2.39. The van der Waals surface area contributed by atoms with Gasteiger partial charge in [-0.05, 0) is 25.2 Å². The van der Waals surface area contributed by atoms with Crippen LogP contribution in [-0.4, -0.2) is 22.6 Å². The van der Waals surface area contributed by atoms with Crippen LogP contribution in [0.15, 0.2) is 12.4 Å². The summed E-state index contributed by atoms with van der Waals surface area (Å²) in [6, 6.07) is 2.58. The molecule has 2 atom stereocenters. The van der Waals surface area contributed by atoms with Gasteiger partial charge in [0.1, 0.15) is 18.0 Å². The molecule has 1 saturated heterocycles. The number of nitrogens with zero attached hydrogens (tertiary/aromatic N) is 3. The molecule has 2 bridgehead atoms. The number of nitrogen functional groups attached to an aromatic ring is 1. The minimum absolute atomic E-state index is 0.567. The molecular weight excluding hydrogens is 176 g/mol. The molecule has 2 heterocycles. The van der Waals surface area contributed by atoms with E-state index >= 15 is 0 Å². The van der Waals surface area contributed by atoms with Crippen LogP contribution in [0.1, 0.15) is 19.3 Å². The molecule has 2 aliphatic rings. The minimum atomic E-state index is 0.567. The molecule has 1 aliphatic heterocycles. The van der Waals surface area contributed by atoms with Gasteiger partial charge < -0.3 is 10.6 Å². The normalized spacial score (nSPS) is 29.9. The molecule has 2 unspecified atom stereocenters. The topological polar surface area (TPSA) is 55.0 Å². The van der Waals surface area contributed by atoms with Gasteiger partial charge in [0.05, 0.1) is 0 Å². The maximum Gasteiger partial charge on any atom is 0.134 e. The third kappa shape index (κ3) is 1.14. The molecule has 0 spiro atoms. The Morgan fingerprint density at radius 3 is 2.93 bits per heavy atom. The average Bonchev–Trinajstić information content (AvgIpc) is 2.78. The summed E-state index contributed by atoms with van der Waals surface area (Å²) in [4.78, 5) is 10.6. The predicted octanol–water partition coefficient (Wildman–Crippen LogP) is 1.05. The molecule has 74 valence electrons. The van der Waals surface area contributed by atoms with Gasteiger partial charge in [0.2, 0.25) is 0 Å². The quantitative estimate of drug-likeness (QED) is 0.719. The second-order valence-electron chi connectivity index (χ2n) is 4.29. The molecule has 0 aromatic carbocycles. The first-order chi connectivity index (χ1) is 6.83. The molecular formula is C10H14N4. The number of hydrogen-bond acceptors (Lipinski definition) is 4. The van der Waals surface area contributed by atoms with Crippen LogP contribution in [0.25, 0.3) is 0 Å². The van der Waals surface area contributed by atoms with Crippen molar-refractivity contribution >= 4 is 11.6 Å². The van der Waals surface area contributed by atoms with E-state index in [0.29, 0.717) is 11.9 Å². The van der Waals surface area contributed by atoms with Gasteiger partial charge in [0.25, 0.3) is 0 Å². The van der Waals surface area contributed by atoms with Crippen molar-refractivity contribution in [2.24, 2.45) is 5.92 Å². The summed E-state index contributed by atoms with van der Waals surface area (Å²) < 4.78 is 0. The van der Waals surface area contributed by atoms with Crippen molar-refractivity contribution in [1.29, 1.82) is 0 Å². The first-order valence-electron chi connectivity index (χ1n) is 5.17. The predicted molar refractivity (Wildman–Crippen MR) is 54.9 cm³/mol. The van der Waals surface area contributed by atoms with Gasteiger partial charge in [-0.2, -0.15) is 0 Å². The molecule has 2 fully saturated rings. The summed E-state index contributed by atoms with van der Waals surface area (Å²) in [6.45, 7) is 1.15. The number of aromatic nitrogens is 2. The summed E-state index contributed by atoms with van der Waals surface area (Å²) in [5.74, 6) is 2.46. The van der Waals surface area contributed by atoms with E-state index in [1.807, 2.05) is 6.07 Å². The van der Waals surface area contributed by atoms with Crippen LogP contribution in [0.2, 0.25) is 0 Å². The highest BCUT2D eigenvalue weighted by atomic mass is 15.2. The van der Waals surface area contributed by atoms with Crippen molar-refractivity contribution in [3.63, 3.8) is 0 Å². The Labute approximate surface area is 83.1 Å². The first kappa shape index (κ1) is 8.03. The zero-order chi connectivity index (χ0) is 9.54. The molecule has 1 aromatic rings. The molecule has 4 nitrogen and oxygen atoms in total. The number of fused-ring (bicyclic) bond motifs is 2. The minimum Gasteiger partial charge on any atom is -0.384 e. The Kier molecular flexibility index (Phi) is 1.63. The summed E-state index contributed by atoms with van der Waals surface area (Å²) >= 11 is 0. The van der Waals surface area contributed by atoms with E-state index < -0.39 is 0 Å². The van der Waals surface area contributed by atoms with Gasteiger partial charge in [0.15, 0.2) is 0 Å². The summed E-state index contributed by atoms with van der Waals surface area (Å²) in [5, 5.41) is 0. The van der Waals surface area contributed by atoms with E-state index in [0.717, 1.165) is 18.3 Å². The van der Waals surface area contributed by atoms with Gasteiger partial charge in [-0.1, -0.05) is 0 Å². The number of nitrogens with two attached hydrogens (primary N) is 1. The Hall–Kier alpha value is -1.32. The van der Waals surface area contributed by atoms with Crippen molar-refractivity contribution in [3.05, 3.63) is 12.4 Å². The second-order valence-corrected chi connectivity index (χ2v) is 4.29. The van der Waals surface area contributed by atoms with E-state index in [4.69, 9.17) is 5.73 Å². The Morgan fingerprint density at radius 1 is 1.36 bits per heavy atom. The smallest absolute Gasteiger partial charge is 0.134 e. The molecule has 1 aliphatic carbocycles. The van der Waals surface area contributed by atoms with Crippen molar-refractivity contribution in [2.45, 2.75) is 25.3 Å². The summed E-state index contributed by atoms with van der Waals surface area (Å²) in [7, 11) is 0. The SMILES string of the molecule is Nc1cc(N2CC3CCC2C3)ncn1. The van der Waals surface area contributed by atoms with Crippen LogP contribution in [0, 0.1) is 5.92 Å². The van der Waals surface area contributed by atoms with E-state index in [9.17, 15) is 0 Å². The Morgan fingerprint density at radius 2 is 2.29 bits per heavy atom. The Balaban J connectivity index is 1.89. The number of rotatable bonds is 1. The number of piperidine rings is 1. The van der Waals surface area contributed by atoms with Crippen LogP contribution < -0.4 is 10.6 Å². The average molecular weight is 190 g/mol. The van der Waals surface area contributed by atoms with E-state index in [-0.39, 0.29) is 0 Å². The van der Waals surface area contributed by atoms with Crippen molar-refractivity contribution < 1.29 is 0 Å². The molecule has 1 saturated carbocycles. The summed E-state index contributed by atoms with van der Waals surface area (Å²) in [6.07, 6.45) is 5.59. The Bertz CT molecular complexity index is 352. The van der Waals surface area contributed by atoms with Crippen LogP contribution in [0.4, 0.5) is 11.6 Å². The second kappa shape index (κ2) is 2.83. The third-order valence-electron chi connectivity index (χ3n) is 3.38. The standard InChI is InChI=1S/C10H14N4/c11-9-4-10(13-6-12-9)14-5-7-1-2-8(14)3-7/h4,6-8H,1-3,5H2,(H2,11,12,13). The van der Waals surface area contributed by atoms with E-state index in [1.165, 1.54) is 19.3 Å². The van der Waals surface area contributed by atoms with Crippen LogP contribution >= 0.6 is 0 Å². The molecule has 0 amide bonds. The van der Waals surface area contributed by atoms with Crippen molar-refractivity contribution in [2.75, 3.05) is 17.2 Å². The summed E-state index contributed by atoms with van der Waals surface area (Å²) in [5.41, 5.74) is 5.65. The van der Waals surface area contributed by atoms with E-state index in [1.54, 1.807) is 6.33 Å². The first-order valence-corrected chi connectivity index (χ1v) is 5.17. The molecule has 14 heavy (non-hydrogen) atoms. The largest absolute Gasteiger partial charge is 0.384 e. The van der Waals surface area contributed by atoms with Crippen LogP contribution in [0.5, 0.6) is 0 Å². The lowest BCUT2D eigenvalue weighted by Crippen LogP contribution is -2.32. The van der Waals surface area contributed by atoms with E-state index in [2.05, 4.69) is 14.9 Å². The van der Waals surface area contributed by atoms with Gasteiger partial charge in [0, 0.05) is 18.7 Å². The molecule has 4 heteroatoms. The molecule has 0 radical (unpaired) electrons. The maximum atomic E-state index is 5.65. The van der Waals surface area contributed by atoms with Crippen LogP contribution in [0.3, 0.4) is 0 Å². The highest BCUT2D eigenvalue weighted by Gasteiger charge is 2.38. The van der Waals surface area contributed by atoms with Gasteiger partial charge in [-0.25, -0.2) is 9.97 Å². The maximum absolute atomic E-state index is 5.65. The monoisotopic (exact) mass is 190 g/mol. The third-order valence-corrected chi connectivity index (χ3v) is 3.38. The molecule has 1 aromatic heterocycles. The molecule has 3 rings (SSSR count). The fraction of sp³-hybridized carbons (Fsp3) is 0.600. The lowest BCUT2D eigenvalue weighted by molar-refractivity contribution is 0.550. The number of hydrogen-bond donors (Lipinski definition) is 1. The highest BCUT2D eigenvalue weighted by molar-refractivity contribution is 5.48. The van der Waals surface area contributed by atoms with Crippen LogP contribution in [-0.2, 0) is 0 Å². The zero-order valence-corrected chi connectivity index (χ0v) is 8.06. The van der Waals surface area contributed by atoms with Crippen molar-refractivity contribution in [3.8, 4) is 0 Å². The number of anilines is 2. The van der Waals surface area contributed by atoms with Gasteiger partial charge >= 0.3 is 0 Å². The lowest BCUT2D eigenvalue weighted by Gasteiger charge is -2.27. The molecule has 2 N–H and O–H groups in total.